The molecular formula is C3H6BO. The van der Waals surface area contributed by atoms with Crippen LogP contribution >= 0.6 is 0 Å². The smallest absolute Gasteiger partial charge is 0.318 e. The monoisotopic (exact) mass is 69.1 g/mol. The third-order valence-electron chi connectivity index (χ3n) is 0.279. The quantitative estimate of drug-likeness (QED) is 0.434. The van der Waals surface area contributed by atoms with E-state index < -0.39 is 0 Å². The summed E-state index contributed by atoms with van der Waals surface area (Å²) in [6.45, 7) is 1.84. The van der Waals surface area contributed by atoms with Crippen molar-refractivity contribution in [2.45, 2.75) is 6.92 Å². The van der Waals surface area contributed by atoms with Crippen molar-refractivity contribution in [3.05, 3.63) is 12.1 Å². The van der Waals surface area contributed by atoms with Gasteiger partial charge in [0.05, 0.1) is 0 Å². The summed E-state index contributed by atoms with van der Waals surface area (Å²) in [4.78, 5) is 0. The van der Waals surface area contributed by atoms with Crippen LogP contribution in [0.25, 0.3) is 0 Å². The molecule has 0 unspecified atom stereocenters. The molecule has 5 heavy (non-hydrogen) atoms. The molecule has 1 radical (unpaired) electrons. The van der Waals surface area contributed by atoms with Crippen molar-refractivity contribution in [1.82, 2.24) is 0 Å². The second kappa shape index (κ2) is 3.76. The van der Waals surface area contributed by atoms with E-state index in [1.54, 1.807) is 12.1 Å². The predicted molar refractivity (Wildman–Crippen MR) is 22.8 cm³/mol. The molecule has 0 aromatic heterocycles. The summed E-state index contributed by atoms with van der Waals surface area (Å²) < 4.78 is 0. The van der Waals surface area contributed by atoms with Crippen LogP contribution in [0.3, 0.4) is 0 Å². The lowest BCUT2D eigenvalue weighted by Gasteiger charge is -1.61. The van der Waals surface area contributed by atoms with Crippen LogP contribution in [0.15, 0.2) is 12.1 Å². The molecular weight excluding hydrogens is 62.8 g/mol. The minimum absolute atomic E-state index is 1.00. The minimum atomic E-state index is 1.00. The minimum Gasteiger partial charge on any atom is -0.450 e. The van der Waals surface area contributed by atoms with E-state index in [4.69, 9.17) is 5.02 Å². The molecule has 0 rings (SSSR count). The lowest BCUT2D eigenvalue weighted by Crippen LogP contribution is -1.73. The lowest BCUT2D eigenvalue weighted by molar-refractivity contribution is 0.614. The molecule has 0 amide bonds. The molecule has 0 spiro atoms. The van der Waals surface area contributed by atoms with Gasteiger partial charge in [-0.15, -0.1) is 0 Å². The van der Waals surface area contributed by atoms with Crippen LogP contribution in [0.1, 0.15) is 6.92 Å². The molecule has 0 aromatic carbocycles. The van der Waals surface area contributed by atoms with Gasteiger partial charge >= 0.3 is 7.48 Å². The third-order valence-corrected chi connectivity index (χ3v) is 0.279. The summed E-state index contributed by atoms with van der Waals surface area (Å²) in [6, 6.07) is 0. The molecule has 1 N–H and O–H groups in total. The summed E-state index contributed by atoms with van der Waals surface area (Å²) >= 11 is 0. The van der Waals surface area contributed by atoms with Gasteiger partial charge in [0, 0.05) is 0 Å². The van der Waals surface area contributed by atoms with Crippen LogP contribution in [-0.2, 0) is 0 Å². The van der Waals surface area contributed by atoms with Gasteiger partial charge in [-0.25, -0.2) is 0 Å². The second-order valence-corrected chi connectivity index (χ2v) is 0.675. The van der Waals surface area contributed by atoms with Crippen molar-refractivity contribution in [1.29, 1.82) is 0 Å². The number of allylic oxidation sites excluding steroid dienone is 1. The Morgan fingerprint density at radius 1 is 1.80 bits per heavy atom. The van der Waals surface area contributed by atoms with E-state index in [0.717, 1.165) is 7.48 Å². The van der Waals surface area contributed by atoms with E-state index in [2.05, 4.69) is 0 Å². The first kappa shape index (κ1) is 4.76. The molecule has 0 bridgehead atoms. The molecule has 0 aromatic rings. The zero-order valence-corrected chi connectivity index (χ0v) is 3.18. The molecule has 0 aliphatic carbocycles. The van der Waals surface area contributed by atoms with E-state index in [1.807, 2.05) is 6.92 Å². The Labute approximate surface area is 32.6 Å². The summed E-state index contributed by atoms with van der Waals surface area (Å²) in [5, 5.41) is 7.85. The summed E-state index contributed by atoms with van der Waals surface area (Å²) in [5.41, 5.74) is 0. The highest BCUT2D eigenvalue weighted by atomic mass is 16.2. The van der Waals surface area contributed by atoms with Crippen LogP contribution in [0.2, 0.25) is 0 Å². The largest absolute Gasteiger partial charge is 0.450 e. The maximum absolute atomic E-state index is 7.85. The van der Waals surface area contributed by atoms with Crippen LogP contribution in [0.5, 0.6) is 0 Å². The molecule has 0 aliphatic heterocycles. The SMILES string of the molecule is C/C=C/[B]O. The lowest BCUT2D eigenvalue weighted by atomic mass is 10.0. The maximum Gasteiger partial charge on any atom is 0.318 e. The average Bonchev–Trinajstić information content (AvgIpc) is 1.41. The summed E-state index contributed by atoms with van der Waals surface area (Å²) in [7, 11) is 1.00. The molecule has 0 saturated carbocycles. The normalized spacial score (nSPS) is 9.20. The Morgan fingerprint density at radius 2 is 2.40 bits per heavy atom. The molecule has 1 nitrogen and oxygen atoms in total. The molecule has 27 valence electrons. The highest BCUT2D eigenvalue weighted by Crippen LogP contribution is 1.57. The fourth-order valence-corrected chi connectivity index (χ4v) is 0.0861. The van der Waals surface area contributed by atoms with Gasteiger partial charge in [0.15, 0.2) is 0 Å². The Balaban J connectivity index is 2.62. The molecule has 0 atom stereocenters. The second-order valence-electron chi connectivity index (χ2n) is 0.675. The van der Waals surface area contributed by atoms with Gasteiger partial charge in [-0.3, -0.25) is 0 Å². The van der Waals surface area contributed by atoms with Crippen molar-refractivity contribution < 1.29 is 5.02 Å². The Hall–Kier alpha value is -0.235. The first-order valence-corrected chi connectivity index (χ1v) is 1.50. The third kappa shape index (κ3) is 3.76. The molecule has 2 heteroatoms. The molecule has 0 heterocycles. The van der Waals surface area contributed by atoms with Crippen molar-refractivity contribution in [2.75, 3.05) is 0 Å². The Kier molecular flexibility index (Phi) is 3.59. The van der Waals surface area contributed by atoms with Gasteiger partial charge in [-0.2, -0.15) is 0 Å². The highest BCUT2D eigenvalue weighted by molar-refractivity contribution is 6.32. The predicted octanol–water partition coefficient (Wildman–Crippen LogP) is 0.132. The van der Waals surface area contributed by atoms with Gasteiger partial charge in [-0.05, 0) is 6.92 Å². The van der Waals surface area contributed by atoms with Gasteiger partial charge in [0.25, 0.3) is 0 Å². The van der Waals surface area contributed by atoms with E-state index in [-0.39, 0.29) is 0 Å². The van der Waals surface area contributed by atoms with Crippen LogP contribution in [0, 0.1) is 0 Å². The van der Waals surface area contributed by atoms with Crippen LogP contribution in [-0.4, -0.2) is 12.5 Å². The Bertz CT molecular complexity index is 33.9. The number of hydrogen-bond acceptors (Lipinski definition) is 1. The fraction of sp³-hybridized carbons (Fsp3) is 0.333. The van der Waals surface area contributed by atoms with E-state index in [9.17, 15) is 0 Å². The van der Waals surface area contributed by atoms with E-state index >= 15 is 0 Å². The van der Waals surface area contributed by atoms with Crippen molar-refractivity contribution in [3.8, 4) is 0 Å². The van der Waals surface area contributed by atoms with Crippen molar-refractivity contribution in [3.63, 3.8) is 0 Å². The van der Waals surface area contributed by atoms with Crippen LogP contribution in [0.4, 0.5) is 0 Å². The highest BCUT2D eigenvalue weighted by Gasteiger charge is 1.61. The van der Waals surface area contributed by atoms with Gasteiger partial charge in [-0.1, -0.05) is 12.1 Å². The van der Waals surface area contributed by atoms with Gasteiger partial charge in [0.2, 0.25) is 0 Å². The fourth-order valence-electron chi connectivity index (χ4n) is 0.0861. The van der Waals surface area contributed by atoms with Gasteiger partial charge in [0.1, 0.15) is 0 Å². The van der Waals surface area contributed by atoms with Crippen LogP contribution < -0.4 is 0 Å². The zero-order valence-electron chi connectivity index (χ0n) is 3.18. The molecule has 0 fully saturated rings. The first-order valence-electron chi connectivity index (χ1n) is 1.50. The summed E-state index contributed by atoms with van der Waals surface area (Å²) in [6.07, 6.45) is 1.75. The van der Waals surface area contributed by atoms with Crippen molar-refractivity contribution >= 4 is 7.48 Å². The standard InChI is InChI=1S/C3H6BO/c1-2-3-4-5/h2-3,5H,1H3/b3-2+. The van der Waals surface area contributed by atoms with Crippen molar-refractivity contribution in [2.24, 2.45) is 0 Å². The average molecular weight is 68.9 g/mol. The zero-order chi connectivity index (χ0) is 4.12. The van der Waals surface area contributed by atoms with Gasteiger partial charge < -0.3 is 5.02 Å². The molecule has 0 aliphatic rings. The first-order chi connectivity index (χ1) is 2.41. The topological polar surface area (TPSA) is 20.2 Å². The number of rotatable bonds is 1. The maximum atomic E-state index is 7.85. The Morgan fingerprint density at radius 3 is 2.40 bits per heavy atom. The summed E-state index contributed by atoms with van der Waals surface area (Å²) in [5.74, 6) is 1.56. The number of hydrogen-bond donors (Lipinski definition) is 1. The van der Waals surface area contributed by atoms with E-state index in [1.165, 1.54) is 0 Å². The molecule has 0 saturated heterocycles. The van der Waals surface area contributed by atoms with E-state index in [0.29, 0.717) is 0 Å².